The molecular formula is C20H21ClN4OS. The molecule has 0 aliphatic rings. The molecule has 0 atom stereocenters. The molecule has 3 aromatic rings. The summed E-state index contributed by atoms with van der Waals surface area (Å²) in [5.41, 5.74) is 3.50. The largest absolute Gasteiger partial charge is 0.347 e. The number of carbonyl (C=O) groups is 1. The van der Waals surface area contributed by atoms with E-state index in [9.17, 15) is 4.79 Å². The summed E-state index contributed by atoms with van der Waals surface area (Å²) in [6.07, 6.45) is 3.30. The van der Waals surface area contributed by atoms with Crippen molar-refractivity contribution in [2.45, 2.75) is 39.7 Å². The molecule has 0 aliphatic carbocycles. The number of carbonyl (C=O) groups excluding carboxylic acids is 1. The smallest absolute Gasteiger partial charge is 0.263 e. The standard InChI is InChI=1S/C20H21ClN4OS/c1-12-14(5-6-15(25-12)13-7-8-22-17(21)9-13)10-23-18(26)16-11-24-19(27-16)20(2,3)4/h5-9,11H,10H2,1-4H3,(H,23,26). The summed E-state index contributed by atoms with van der Waals surface area (Å²) in [5, 5.41) is 4.33. The van der Waals surface area contributed by atoms with Crippen molar-refractivity contribution in [3.05, 3.63) is 63.0 Å². The van der Waals surface area contributed by atoms with Crippen LogP contribution in [-0.2, 0) is 12.0 Å². The van der Waals surface area contributed by atoms with E-state index in [1.54, 1.807) is 18.5 Å². The quantitative estimate of drug-likeness (QED) is 0.639. The lowest BCUT2D eigenvalue weighted by molar-refractivity contribution is 0.0954. The fourth-order valence-electron chi connectivity index (χ4n) is 2.49. The first kappa shape index (κ1) is 19.5. The van der Waals surface area contributed by atoms with Crippen LogP contribution in [0.3, 0.4) is 0 Å². The SMILES string of the molecule is Cc1nc(-c2ccnc(Cl)c2)ccc1CNC(=O)c1cnc(C(C)(C)C)s1. The van der Waals surface area contributed by atoms with Crippen molar-refractivity contribution in [1.29, 1.82) is 0 Å². The summed E-state index contributed by atoms with van der Waals surface area (Å²) in [6, 6.07) is 7.54. The van der Waals surface area contributed by atoms with Crippen LogP contribution in [-0.4, -0.2) is 20.9 Å². The zero-order chi connectivity index (χ0) is 19.6. The molecule has 5 nitrogen and oxygen atoms in total. The van der Waals surface area contributed by atoms with E-state index < -0.39 is 0 Å². The van der Waals surface area contributed by atoms with Crippen LogP contribution in [0, 0.1) is 6.92 Å². The van der Waals surface area contributed by atoms with Crippen LogP contribution >= 0.6 is 22.9 Å². The van der Waals surface area contributed by atoms with Crippen LogP contribution in [0.4, 0.5) is 0 Å². The highest BCUT2D eigenvalue weighted by Gasteiger charge is 2.20. The van der Waals surface area contributed by atoms with E-state index in [2.05, 4.69) is 41.0 Å². The summed E-state index contributed by atoms with van der Waals surface area (Å²) >= 11 is 7.38. The molecule has 0 bridgehead atoms. The number of rotatable bonds is 4. The van der Waals surface area contributed by atoms with Gasteiger partial charge >= 0.3 is 0 Å². The molecule has 0 saturated carbocycles. The maximum absolute atomic E-state index is 12.4. The van der Waals surface area contributed by atoms with Gasteiger partial charge in [-0.15, -0.1) is 11.3 Å². The van der Waals surface area contributed by atoms with Gasteiger partial charge in [-0.05, 0) is 30.7 Å². The monoisotopic (exact) mass is 400 g/mol. The van der Waals surface area contributed by atoms with Crippen LogP contribution in [0.2, 0.25) is 5.15 Å². The lowest BCUT2D eigenvalue weighted by Crippen LogP contribution is -2.22. The molecule has 0 spiro atoms. The summed E-state index contributed by atoms with van der Waals surface area (Å²) in [7, 11) is 0. The third-order valence-corrected chi connectivity index (χ3v) is 5.66. The van der Waals surface area contributed by atoms with Crippen molar-refractivity contribution in [2.24, 2.45) is 0 Å². The topological polar surface area (TPSA) is 67.8 Å². The first-order chi connectivity index (χ1) is 12.7. The van der Waals surface area contributed by atoms with Gasteiger partial charge < -0.3 is 5.32 Å². The molecule has 0 aliphatic heterocycles. The highest BCUT2D eigenvalue weighted by atomic mass is 35.5. The van der Waals surface area contributed by atoms with Gasteiger partial charge in [0, 0.05) is 29.4 Å². The van der Waals surface area contributed by atoms with Gasteiger partial charge in [-0.3, -0.25) is 9.78 Å². The minimum absolute atomic E-state index is 0.0601. The average Bonchev–Trinajstić information content (AvgIpc) is 3.11. The zero-order valence-corrected chi connectivity index (χ0v) is 17.3. The third kappa shape index (κ3) is 4.70. The molecule has 0 unspecified atom stereocenters. The lowest BCUT2D eigenvalue weighted by atomic mass is 9.98. The number of pyridine rings is 2. The summed E-state index contributed by atoms with van der Waals surface area (Å²) in [4.78, 5) is 26.0. The van der Waals surface area contributed by atoms with Crippen molar-refractivity contribution in [3.8, 4) is 11.3 Å². The van der Waals surface area contributed by atoms with Crippen molar-refractivity contribution < 1.29 is 4.79 Å². The van der Waals surface area contributed by atoms with Crippen LogP contribution in [0.15, 0.2) is 36.7 Å². The van der Waals surface area contributed by atoms with Crippen molar-refractivity contribution >= 4 is 28.8 Å². The van der Waals surface area contributed by atoms with E-state index in [1.165, 1.54) is 11.3 Å². The molecule has 0 aromatic carbocycles. The zero-order valence-electron chi connectivity index (χ0n) is 15.7. The van der Waals surface area contributed by atoms with Crippen LogP contribution in [0.5, 0.6) is 0 Å². The van der Waals surface area contributed by atoms with E-state index in [4.69, 9.17) is 11.6 Å². The minimum Gasteiger partial charge on any atom is -0.347 e. The minimum atomic E-state index is -0.118. The second kappa shape index (κ2) is 7.74. The number of nitrogens with zero attached hydrogens (tertiary/aromatic N) is 3. The molecule has 140 valence electrons. The molecule has 1 N–H and O–H groups in total. The molecule has 1 amide bonds. The number of aryl methyl sites for hydroxylation is 1. The molecule has 27 heavy (non-hydrogen) atoms. The lowest BCUT2D eigenvalue weighted by Gasteiger charge is -2.13. The average molecular weight is 401 g/mol. The summed E-state index contributed by atoms with van der Waals surface area (Å²) < 4.78 is 0. The first-order valence-corrected chi connectivity index (χ1v) is 9.76. The molecule has 3 heterocycles. The first-order valence-electron chi connectivity index (χ1n) is 8.57. The maximum atomic E-state index is 12.4. The van der Waals surface area contributed by atoms with E-state index in [0.717, 1.165) is 27.5 Å². The Morgan fingerprint density at radius 1 is 1.22 bits per heavy atom. The molecule has 3 rings (SSSR count). The Morgan fingerprint density at radius 3 is 2.63 bits per heavy atom. The Morgan fingerprint density at radius 2 is 2.00 bits per heavy atom. The molecular weight excluding hydrogens is 380 g/mol. The fraction of sp³-hybridized carbons (Fsp3) is 0.300. The van der Waals surface area contributed by atoms with Gasteiger partial charge in [-0.2, -0.15) is 0 Å². The number of hydrogen-bond acceptors (Lipinski definition) is 5. The van der Waals surface area contributed by atoms with E-state index in [1.807, 2.05) is 25.1 Å². The highest BCUT2D eigenvalue weighted by Crippen LogP contribution is 2.27. The Bertz CT molecular complexity index is 978. The van der Waals surface area contributed by atoms with Crippen LogP contribution in [0.1, 0.15) is 46.7 Å². The van der Waals surface area contributed by atoms with E-state index in [0.29, 0.717) is 16.6 Å². The predicted molar refractivity (Wildman–Crippen MR) is 109 cm³/mol. The number of hydrogen-bond donors (Lipinski definition) is 1. The maximum Gasteiger partial charge on any atom is 0.263 e. The number of nitrogens with one attached hydrogen (secondary N) is 1. The second-order valence-corrected chi connectivity index (χ2v) is 8.69. The van der Waals surface area contributed by atoms with Gasteiger partial charge in [0.25, 0.3) is 5.91 Å². The third-order valence-electron chi connectivity index (χ3n) is 4.03. The van der Waals surface area contributed by atoms with Gasteiger partial charge in [0.05, 0.1) is 16.9 Å². The normalized spacial score (nSPS) is 11.4. The van der Waals surface area contributed by atoms with Crippen molar-refractivity contribution in [2.75, 3.05) is 0 Å². The van der Waals surface area contributed by atoms with Gasteiger partial charge in [-0.1, -0.05) is 38.4 Å². The van der Waals surface area contributed by atoms with Crippen LogP contribution < -0.4 is 5.32 Å². The van der Waals surface area contributed by atoms with Gasteiger partial charge in [-0.25, -0.2) is 9.97 Å². The van der Waals surface area contributed by atoms with Crippen LogP contribution in [0.25, 0.3) is 11.3 Å². The number of amides is 1. The molecule has 0 radical (unpaired) electrons. The Hall–Kier alpha value is -2.31. The number of halogens is 1. The molecule has 3 aromatic heterocycles. The molecule has 7 heteroatoms. The second-order valence-electron chi connectivity index (χ2n) is 7.27. The van der Waals surface area contributed by atoms with E-state index >= 15 is 0 Å². The molecule has 0 saturated heterocycles. The number of aromatic nitrogens is 3. The van der Waals surface area contributed by atoms with Gasteiger partial charge in [0.2, 0.25) is 0 Å². The molecule has 0 fully saturated rings. The number of thiazole rings is 1. The highest BCUT2D eigenvalue weighted by molar-refractivity contribution is 7.13. The van der Waals surface area contributed by atoms with E-state index in [-0.39, 0.29) is 11.3 Å². The van der Waals surface area contributed by atoms with Crippen molar-refractivity contribution in [3.63, 3.8) is 0 Å². The predicted octanol–water partition coefficient (Wildman–Crippen LogP) is 4.79. The fourth-order valence-corrected chi connectivity index (χ4v) is 3.55. The van der Waals surface area contributed by atoms with Crippen molar-refractivity contribution in [1.82, 2.24) is 20.3 Å². The Balaban J connectivity index is 1.69. The summed E-state index contributed by atoms with van der Waals surface area (Å²) in [5.74, 6) is -0.118. The Kier molecular flexibility index (Phi) is 5.58. The van der Waals surface area contributed by atoms with Gasteiger partial charge in [0.1, 0.15) is 10.0 Å². The Labute approximate surface area is 167 Å². The summed E-state index contributed by atoms with van der Waals surface area (Å²) in [6.45, 7) is 8.59. The van der Waals surface area contributed by atoms with Gasteiger partial charge in [0.15, 0.2) is 0 Å².